The summed E-state index contributed by atoms with van der Waals surface area (Å²) in [5.74, 6) is 0. The topological polar surface area (TPSA) is 163 Å². The first-order chi connectivity index (χ1) is 18.5. The molecule has 2 aromatic carbocycles. The summed E-state index contributed by atoms with van der Waals surface area (Å²) in [6.07, 6.45) is -4.25. The van der Waals surface area contributed by atoms with Gasteiger partial charge in [-0.1, -0.05) is 86.5 Å². The summed E-state index contributed by atoms with van der Waals surface area (Å²) in [7, 11) is -3.01. The fourth-order valence-corrected chi connectivity index (χ4v) is 9.82. The second kappa shape index (κ2) is 11.3. The van der Waals surface area contributed by atoms with Crippen LogP contribution in [0.4, 0.5) is 0 Å². The molecule has 12 heteroatoms. The fourth-order valence-electron chi connectivity index (χ4n) is 5.24. The van der Waals surface area contributed by atoms with Crippen LogP contribution in [0, 0.1) is 6.92 Å². The van der Waals surface area contributed by atoms with Crippen molar-refractivity contribution in [3.63, 3.8) is 0 Å². The molecule has 0 bridgehead atoms. The van der Waals surface area contributed by atoms with Gasteiger partial charge in [-0.15, -0.1) is 0 Å². The minimum Gasteiger partial charge on any atom is -0.407 e. The number of aromatic nitrogens is 2. The van der Waals surface area contributed by atoms with E-state index in [1.807, 2.05) is 60.7 Å². The molecule has 1 saturated heterocycles. The number of hydrogen-bond donors (Lipinski definition) is 3. The zero-order valence-corrected chi connectivity index (χ0v) is 23.3. The summed E-state index contributed by atoms with van der Waals surface area (Å²) in [5.41, 5.74) is 8.25. The zero-order valence-electron chi connectivity index (χ0n) is 22.3. The number of azide groups is 1. The lowest BCUT2D eigenvalue weighted by Crippen LogP contribution is -2.67. The summed E-state index contributed by atoms with van der Waals surface area (Å²) in [6.45, 7) is 7.71. The maximum atomic E-state index is 12.4. The number of aliphatic hydroxyl groups excluding tert-OH is 2. The van der Waals surface area contributed by atoms with Crippen LogP contribution in [0.25, 0.3) is 10.4 Å². The molecular formula is C27H33N5O6Si. The van der Waals surface area contributed by atoms with Crippen molar-refractivity contribution in [3.05, 3.63) is 104 Å². The molecule has 2 heterocycles. The lowest BCUT2D eigenvalue weighted by atomic mass is 10.0. The quantitative estimate of drug-likeness (QED) is 0.167. The van der Waals surface area contributed by atoms with Crippen molar-refractivity contribution < 1.29 is 19.4 Å². The van der Waals surface area contributed by atoms with E-state index in [0.717, 1.165) is 14.9 Å². The molecule has 5 atom stereocenters. The fraction of sp³-hybridized carbons (Fsp3) is 0.407. The number of aromatic amines is 1. The Bertz CT molecular complexity index is 1410. The SMILES string of the molecule is Cc1cn([C@@H]2O[C@H]([C@@H](CO[Si](c3ccccc3)(c3ccccc3)C(C)(C)C)N=[N+]=[N-])[C@@H](O)[C@H]2O)c(=O)[nH]c1=O. The van der Waals surface area contributed by atoms with Crippen molar-refractivity contribution in [1.29, 1.82) is 0 Å². The minimum atomic E-state index is -3.01. The lowest BCUT2D eigenvalue weighted by molar-refractivity contribution is -0.0508. The van der Waals surface area contributed by atoms with E-state index in [1.165, 1.54) is 13.1 Å². The van der Waals surface area contributed by atoms with E-state index in [1.54, 1.807) is 0 Å². The van der Waals surface area contributed by atoms with Crippen LogP contribution in [-0.2, 0) is 9.16 Å². The highest BCUT2D eigenvalue weighted by atomic mass is 28.4. The third kappa shape index (κ3) is 5.35. The van der Waals surface area contributed by atoms with Gasteiger partial charge in [0.15, 0.2) is 6.23 Å². The molecule has 1 fully saturated rings. The average molecular weight is 552 g/mol. The van der Waals surface area contributed by atoms with Gasteiger partial charge >= 0.3 is 5.69 Å². The third-order valence-electron chi connectivity index (χ3n) is 7.16. The molecule has 1 aliphatic rings. The Morgan fingerprint density at radius 3 is 2.15 bits per heavy atom. The van der Waals surface area contributed by atoms with E-state index in [9.17, 15) is 25.3 Å². The van der Waals surface area contributed by atoms with E-state index in [-0.39, 0.29) is 17.2 Å². The third-order valence-corrected chi connectivity index (χ3v) is 12.2. The zero-order chi connectivity index (χ0) is 28.4. The second-order valence-electron chi connectivity index (χ2n) is 10.7. The highest BCUT2D eigenvalue weighted by Gasteiger charge is 2.52. The Labute approximate surface area is 226 Å². The molecule has 0 saturated carbocycles. The Balaban J connectivity index is 1.72. The highest BCUT2D eigenvalue weighted by molar-refractivity contribution is 6.99. The van der Waals surface area contributed by atoms with Gasteiger partial charge in [-0.05, 0) is 27.9 Å². The standard InChI is InChI=1S/C27H33N5O6Si/c1-17-15-32(26(36)29-24(17)35)25-22(34)21(33)23(38-25)20(30-31-28)16-37-39(27(2,3)4,18-11-7-5-8-12-18)19-13-9-6-10-14-19/h5-15,20-23,25,33-34H,16H2,1-4H3,(H,29,35,36)/t20-,21+,22-,23-,25-/m1/s1. The van der Waals surface area contributed by atoms with E-state index in [0.29, 0.717) is 0 Å². The van der Waals surface area contributed by atoms with Gasteiger partial charge in [-0.2, -0.15) is 0 Å². The van der Waals surface area contributed by atoms with E-state index in [2.05, 4.69) is 35.8 Å². The first-order valence-corrected chi connectivity index (χ1v) is 14.5. The van der Waals surface area contributed by atoms with Gasteiger partial charge in [0.05, 0.1) is 12.1 Å². The number of ether oxygens (including phenoxy) is 1. The van der Waals surface area contributed by atoms with Gasteiger partial charge in [0, 0.05) is 23.3 Å². The first kappa shape index (κ1) is 28.5. The molecule has 206 valence electrons. The molecule has 4 rings (SSSR count). The van der Waals surface area contributed by atoms with Crippen molar-refractivity contribution >= 4 is 18.7 Å². The van der Waals surface area contributed by atoms with Crippen molar-refractivity contribution in [3.8, 4) is 0 Å². The second-order valence-corrected chi connectivity index (χ2v) is 15.0. The Morgan fingerprint density at radius 2 is 1.64 bits per heavy atom. The number of H-pyrrole nitrogens is 1. The lowest BCUT2D eigenvalue weighted by Gasteiger charge is -2.43. The average Bonchev–Trinajstić information content (AvgIpc) is 3.20. The van der Waals surface area contributed by atoms with E-state index >= 15 is 0 Å². The van der Waals surface area contributed by atoms with Gasteiger partial charge in [0.1, 0.15) is 12.2 Å². The van der Waals surface area contributed by atoms with Crippen molar-refractivity contribution in [1.82, 2.24) is 9.55 Å². The van der Waals surface area contributed by atoms with Crippen LogP contribution in [0.1, 0.15) is 32.6 Å². The Kier molecular flexibility index (Phi) is 8.26. The van der Waals surface area contributed by atoms with Gasteiger partial charge in [0.25, 0.3) is 13.9 Å². The van der Waals surface area contributed by atoms with Gasteiger partial charge < -0.3 is 19.4 Å². The van der Waals surface area contributed by atoms with Crippen LogP contribution in [0.15, 0.2) is 81.6 Å². The number of rotatable bonds is 8. The molecule has 3 N–H and O–H groups in total. The molecule has 0 amide bonds. The molecule has 1 aromatic heterocycles. The van der Waals surface area contributed by atoms with Crippen LogP contribution in [-0.4, -0.2) is 59.0 Å². The van der Waals surface area contributed by atoms with Crippen molar-refractivity contribution in [2.45, 2.75) is 63.3 Å². The monoisotopic (exact) mass is 551 g/mol. The van der Waals surface area contributed by atoms with Crippen LogP contribution < -0.4 is 21.6 Å². The maximum absolute atomic E-state index is 12.4. The van der Waals surface area contributed by atoms with Gasteiger partial charge in [-0.25, -0.2) is 4.79 Å². The van der Waals surface area contributed by atoms with Crippen LogP contribution >= 0.6 is 0 Å². The highest BCUT2D eigenvalue weighted by Crippen LogP contribution is 2.38. The normalized spacial score (nSPS) is 22.3. The molecule has 3 aromatic rings. The smallest absolute Gasteiger partial charge is 0.330 e. The Hall–Kier alpha value is -3.51. The largest absolute Gasteiger partial charge is 0.407 e. The van der Waals surface area contributed by atoms with E-state index in [4.69, 9.17) is 9.16 Å². The molecule has 0 spiro atoms. The summed E-state index contributed by atoms with van der Waals surface area (Å²) < 4.78 is 13.8. The molecule has 11 nitrogen and oxygen atoms in total. The predicted octanol–water partition coefficient (Wildman–Crippen LogP) is 1.72. The number of aryl methyl sites for hydroxylation is 1. The summed E-state index contributed by atoms with van der Waals surface area (Å²) >= 11 is 0. The number of benzene rings is 2. The number of hydrogen-bond acceptors (Lipinski definition) is 7. The summed E-state index contributed by atoms with van der Waals surface area (Å²) in [4.78, 5) is 29.4. The minimum absolute atomic E-state index is 0.113. The number of nitrogens with zero attached hydrogens (tertiary/aromatic N) is 4. The van der Waals surface area contributed by atoms with Gasteiger partial charge in [-0.3, -0.25) is 14.3 Å². The van der Waals surface area contributed by atoms with E-state index < -0.39 is 50.1 Å². The number of nitrogens with one attached hydrogen (secondary N) is 1. The predicted molar refractivity (Wildman–Crippen MR) is 148 cm³/mol. The summed E-state index contributed by atoms with van der Waals surface area (Å²) in [5, 5.41) is 27.3. The van der Waals surface area contributed by atoms with Crippen LogP contribution in [0.5, 0.6) is 0 Å². The molecule has 0 unspecified atom stereocenters. The van der Waals surface area contributed by atoms with Crippen LogP contribution in [0.3, 0.4) is 0 Å². The molecule has 1 aliphatic heterocycles. The van der Waals surface area contributed by atoms with Gasteiger partial charge in [0.2, 0.25) is 0 Å². The maximum Gasteiger partial charge on any atom is 0.330 e. The molecule has 0 aliphatic carbocycles. The number of aliphatic hydroxyl groups is 2. The molecular weight excluding hydrogens is 518 g/mol. The van der Waals surface area contributed by atoms with Crippen molar-refractivity contribution in [2.24, 2.45) is 5.11 Å². The first-order valence-electron chi connectivity index (χ1n) is 12.6. The summed E-state index contributed by atoms with van der Waals surface area (Å²) in [6, 6.07) is 18.8. The molecule has 39 heavy (non-hydrogen) atoms. The van der Waals surface area contributed by atoms with Crippen LogP contribution in [0.2, 0.25) is 5.04 Å². The van der Waals surface area contributed by atoms with Crippen molar-refractivity contribution in [2.75, 3.05) is 6.61 Å². The molecule has 0 radical (unpaired) electrons. The Morgan fingerprint density at radius 1 is 1.08 bits per heavy atom.